The first-order chi connectivity index (χ1) is 16.9. The number of aliphatic hydroxyl groups excluding tert-OH is 1. The molecule has 3 aromatic rings. The van der Waals surface area contributed by atoms with Crippen LogP contribution in [0.1, 0.15) is 27.4 Å². The number of aromatic nitrogens is 1. The van der Waals surface area contributed by atoms with Crippen LogP contribution in [-0.2, 0) is 23.0 Å². The minimum atomic E-state index is -3.69. The molecule has 3 rings (SSSR count). The van der Waals surface area contributed by atoms with E-state index >= 15 is 0 Å². The molecule has 36 heavy (non-hydrogen) atoms. The van der Waals surface area contributed by atoms with Crippen molar-refractivity contribution in [2.24, 2.45) is 0 Å². The number of sulfonamides is 1. The Bertz CT molecular complexity index is 1320. The molecular formula is C23H25F2IN4O5S. The molecule has 9 nitrogen and oxygen atoms in total. The van der Waals surface area contributed by atoms with Crippen molar-refractivity contribution < 1.29 is 31.5 Å². The second-order valence-electron chi connectivity index (χ2n) is 8.19. The van der Waals surface area contributed by atoms with Gasteiger partial charge < -0.3 is 20.2 Å². The number of aryl methyl sites for hydroxylation is 1. The number of benzene rings is 2. The van der Waals surface area contributed by atoms with Gasteiger partial charge in [-0.15, -0.1) is 0 Å². The van der Waals surface area contributed by atoms with Crippen LogP contribution in [0.2, 0.25) is 0 Å². The van der Waals surface area contributed by atoms with Crippen molar-refractivity contribution in [3.63, 3.8) is 0 Å². The standard InChI is InChI=1S/C23H25F2IN4O5S/c1-13-21(29-23(35-13)30-36(2,33)34)22(32)28-19(9-15-6-16(24)10-17(25)7-15)20(31)12-27-11-14-4-3-5-18(26)8-14/h3-8,10,19-20,27,31H,9,11-12H2,1-2H3,(H,28,32)(H,29,30). The van der Waals surface area contributed by atoms with Gasteiger partial charge in [-0.05, 0) is 71.3 Å². The lowest BCUT2D eigenvalue weighted by atomic mass is 10.00. The van der Waals surface area contributed by atoms with Gasteiger partial charge in [0.2, 0.25) is 10.0 Å². The molecule has 1 aromatic heterocycles. The molecule has 0 saturated heterocycles. The third kappa shape index (κ3) is 8.50. The van der Waals surface area contributed by atoms with Gasteiger partial charge in [0.15, 0.2) is 5.69 Å². The van der Waals surface area contributed by atoms with Gasteiger partial charge in [-0.25, -0.2) is 21.9 Å². The van der Waals surface area contributed by atoms with Crippen LogP contribution in [-0.4, -0.2) is 49.4 Å². The summed E-state index contributed by atoms with van der Waals surface area (Å²) in [5.41, 5.74) is 1.02. The summed E-state index contributed by atoms with van der Waals surface area (Å²) < 4.78 is 58.6. The number of nitrogens with one attached hydrogen (secondary N) is 3. The number of nitrogens with zero attached hydrogens (tertiary/aromatic N) is 1. The van der Waals surface area contributed by atoms with Crippen LogP contribution >= 0.6 is 22.6 Å². The van der Waals surface area contributed by atoms with Crippen molar-refractivity contribution in [2.45, 2.75) is 32.0 Å². The number of oxazole rings is 1. The molecule has 0 aliphatic heterocycles. The molecule has 0 bridgehead atoms. The van der Waals surface area contributed by atoms with E-state index in [4.69, 9.17) is 4.42 Å². The Hall–Kier alpha value is -2.62. The third-order valence-electron chi connectivity index (χ3n) is 5.01. The predicted molar refractivity (Wildman–Crippen MR) is 138 cm³/mol. The van der Waals surface area contributed by atoms with Gasteiger partial charge in [-0.3, -0.25) is 4.79 Å². The van der Waals surface area contributed by atoms with Crippen molar-refractivity contribution in [3.8, 4) is 0 Å². The number of carbonyl (C=O) groups excluding carboxylic acids is 1. The van der Waals surface area contributed by atoms with Crippen molar-refractivity contribution in [3.05, 3.63) is 80.3 Å². The van der Waals surface area contributed by atoms with Crippen molar-refractivity contribution in [2.75, 3.05) is 17.5 Å². The van der Waals surface area contributed by atoms with Crippen LogP contribution in [0.25, 0.3) is 0 Å². The maximum absolute atomic E-state index is 13.7. The molecule has 0 saturated carbocycles. The predicted octanol–water partition coefficient (Wildman–Crippen LogP) is 2.73. The Morgan fingerprint density at radius 2 is 1.86 bits per heavy atom. The second kappa shape index (κ2) is 12.1. The SMILES string of the molecule is Cc1oc(NS(C)(=O)=O)nc1C(=O)NC(Cc1cc(F)cc(F)c1)C(O)CNCc1cccc(I)c1. The van der Waals surface area contributed by atoms with E-state index in [9.17, 15) is 27.1 Å². The van der Waals surface area contributed by atoms with Crippen LogP contribution in [0.4, 0.5) is 14.8 Å². The molecule has 0 radical (unpaired) electrons. The van der Waals surface area contributed by atoms with E-state index in [0.717, 1.165) is 33.6 Å². The Morgan fingerprint density at radius 1 is 1.17 bits per heavy atom. The highest BCUT2D eigenvalue weighted by molar-refractivity contribution is 14.1. The highest BCUT2D eigenvalue weighted by Gasteiger charge is 2.26. The van der Waals surface area contributed by atoms with Crippen molar-refractivity contribution in [1.29, 1.82) is 0 Å². The summed E-state index contributed by atoms with van der Waals surface area (Å²) in [6, 6.07) is 9.36. The first-order valence-corrected chi connectivity index (χ1v) is 13.7. The van der Waals surface area contributed by atoms with Gasteiger partial charge in [0.05, 0.1) is 18.4 Å². The van der Waals surface area contributed by atoms with Crippen LogP contribution in [0.3, 0.4) is 0 Å². The molecule has 0 spiro atoms. The fraction of sp³-hybridized carbons (Fsp3) is 0.304. The Labute approximate surface area is 220 Å². The zero-order chi connectivity index (χ0) is 26.5. The average molecular weight is 634 g/mol. The molecule has 194 valence electrons. The normalized spacial score (nSPS) is 13.3. The molecular weight excluding hydrogens is 609 g/mol. The van der Waals surface area contributed by atoms with Gasteiger partial charge >= 0.3 is 6.01 Å². The smallest absolute Gasteiger partial charge is 0.309 e. The van der Waals surface area contributed by atoms with E-state index in [1.807, 2.05) is 29.0 Å². The lowest BCUT2D eigenvalue weighted by molar-refractivity contribution is 0.0824. The number of carbonyl (C=O) groups is 1. The van der Waals surface area contributed by atoms with E-state index in [-0.39, 0.29) is 36.0 Å². The molecule has 4 N–H and O–H groups in total. The van der Waals surface area contributed by atoms with E-state index in [1.54, 1.807) is 0 Å². The third-order valence-corrected chi connectivity index (χ3v) is 6.23. The molecule has 0 fully saturated rings. The summed E-state index contributed by atoms with van der Waals surface area (Å²) in [5.74, 6) is -2.28. The molecule has 0 aliphatic carbocycles. The maximum atomic E-state index is 13.7. The minimum absolute atomic E-state index is 0.0421. The zero-order valence-corrected chi connectivity index (χ0v) is 22.4. The molecule has 2 unspecified atom stereocenters. The maximum Gasteiger partial charge on any atom is 0.309 e. The van der Waals surface area contributed by atoms with E-state index in [2.05, 4.69) is 38.2 Å². The Kier molecular flexibility index (Phi) is 9.38. The quantitative estimate of drug-likeness (QED) is 0.239. The summed E-state index contributed by atoms with van der Waals surface area (Å²) in [6.45, 7) is 1.94. The van der Waals surface area contributed by atoms with Crippen LogP contribution in [0, 0.1) is 22.1 Å². The van der Waals surface area contributed by atoms with E-state index < -0.39 is 39.7 Å². The minimum Gasteiger partial charge on any atom is -0.428 e. The summed E-state index contributed by atoms with van der Waals surface area (Å²) in [4.78, 5) is 16.8. The summed E-state index contributed by atoms with van der Waals surface area (Å²) in [7, 11) is -3.69. The Balaban J connectivity index is 1.76. The first-order valence-electron chi connectivity index (χ1n) is 10.7. The van der Waals surface area contributed by atoms with Crippen LogP contribution in [0.15, 0.2) is 46.9 Å². The second-order valence-corrected chi connectivity index (χ2v) is 11.2. The average Bonchev–Trinajstić information content (AvgIpc) is 3.10. The first kappa shape index (κ1) is 28.0. The van der Waals surface area contributed by atoms with Crippen LogP contribution in [0.5, 0.6) is 0 Å². The molecule has 13 heteroatoms. The number of amides is 1. The highest BCUT2D eigenvalue weighted by Crippen LogP contribution is 2.17. The van der Waals surface area contributed by atoms with Crippen LogP contribution < -0.4 is 15.4 Å². The van der Waals surface area contributed by atoms with Gasteiger partial charge in [-0.1, -0.05) is 12.1 Å². The number of anilines is 1. The monoisotopic (exact) mass is 634 g/mol. The molecule has 1 amide bonds. The molecule has 0 aliphatic rings. The van der Waals surface area contributed by atoms with Gasteiger partial charge in [0.25, 0.3) is 5.91 Å². The van der Waals surface area contributed by atoms with Crippen molar-refractivity contribution in [1.82, 2.24) is 15.6 Å². The molecule has 1 heterocycles. The van der Waals surface area contributed by atoms with Crippen molar-refractivity contribution >= 4 is 44.5 Å². The van der Waals surface area contributed by atoms with Gasteiger partial charge in [0, 0.05) is 22.7 Å². The molecule has 2 atom stereocenters. The lowest BCUT2D eigenvalue weighted by Gasteiger charge is -2.24. The summed E-state index contributed by atoms with van der Waals surface area (Å²) in [6.07, 6.45) is -0.332. The number of aliphatic hydroxyl groups is 1. The summed E-state index contributed by atoms with van der Waals surface area (Å²) >= 11 is 2.19. The van der Waals surface area contributed by atoms with Gasteiger partial charge in [0.1, 0.15) is 17.4 Å². The number of halogens is 3. The summed E-state index contributed by atoms with van der Waals surface area (Å²) in [5, 5.41) is 16.6. The van der Waals surface area contributed by atoms with Gasteiger partial charge in [-0.2, -0.15) is 4.98 Å². The number of hydrogen-bond donors (Lipinski definition) is 4. The van der Waals surface area contributed by atoms with E-state index in [0.29, 0.717) is 6.54 Å². The number of hydrogen-bond acceptors (Lipinski definition) is 7. The van der Waals surface area contributed by atoms with E-state index in [1.165, 1.54) is 6.92 Å². The number of rotatable bonds is 11. The zero-order valence-electron chi connectivity index (χ0n) is 19.4. The Morgan fingerprint density at radius 3 is 2.50 bits per heavy atom. The fourth-order valence-electron chi connectivity index (χ4n) is 3.47. The molecule has 2 aromatic carbocycles. The fourth-order valence-corrected chi connectivity index (χ4v) is 4.48. The lowest BCUT2D eigenvalue weighted by Crippen LogP contribution is -2.48. The highest BCUT2D eigenvalue weighted by atomic mass is 127. The topological polar surface area (TPSA) is 134 Å². The largest absolute Gasteiger partial charge is 0.428 e.